The smallest absolute Gasteiger partial charge is 0.326 e. The lowest BCUT2D eigenvalue weighted by molar-refractivity contribution is -0.141. The second-order valence-electron chi connectivity index (χ2n) is 3.65. The molecule has 2 N–H and O–H groups in total. The quantitative estimate of drug-likeness (QED) is 0.611. The van der Waals surface area contributed by atoms with E-state index in [1.165, 1.54) is 11.8 Å². The normalized spacial score (nSPS) is 12.1. The van der Waals surface area contributed by atoms with Crippen molar-refractivity contribution in [3.63, 3.8) is 0 Å². The first kappa shape index (κ1) is 15.3. The fraction of sp³-hybridized carbons (Fsp3) is 0.818. The van der Waals surface area contributed by atoms with E-state index in [1.54, 1.807) is 0 Å². The van der Waals surface area contributed by atoms with Crippen LogP contribution >= 0.6 is 11.8 Å². The lowest BCUT2D eigenvalue weighted by atomic mass is 10.1. The van der Waals surface area contributed by atoms with Crippen molar-refractivity contribution >= 4 is 23.6 Å². The number of carbonyl (C=O) groups excluding carboxylic acids is 1. The zero-order chi connectivity index (χ0) is 12.4. The molecule has 0 aliphatic carbocycles. The number of carboxylic acid groups (broad SMARTS) is 1. The number of carboxylic acids is 1. The standard InChI is InChI=1S/C11H21NO3S/c1-3-5-6-9(11(14)15)12-10(13)8-16-7-4-2/h9H,3-8H2,1-2H3,(H,12,13)(H,14,15)/t9-/m0/s1. The first-order valence-electron chi connectivity index (χ1n) is 5.71. The second kappa shape index (κ2) is 9.51. The molecule has 0 unspecified atom stereocenters. The Labute approximate surface area is 101 Å². The summed E-state index contributed by atoms with van der Waals surface area (Å²) in [7, 11) is 0. The number of rotatable bonds is 9. The van der Waals surface area contributed by atoms with Gasteiger partial charge in [-0.05, 0) is 18.6 Å². The van der Waals surface area contributed by atoms with Crippen molar-refractivity contribution in [2.24, 2.45) is 0 Å². The third-order valence-electron chi connectivity index (χ3n) is 2.06. The van der Waals surface area contributed by atoms with Crippen LogP contribution in [0.5, 0.6) is 0 Å². The highest BCUT2D eigenvalue weighted by molar-refractivity contribution is 7.99. The van der Waals surface area contributed by atoms with Crippen LogP contribution in [0.2, 0.25) is 0 Å². The number of aliphatic carboxylic acids is 1. The molecule has 5 heteroatoms. The van der Waals surface area contributed by atoms with Crippen LogP contribution in [-0.4, -0.2) is 34.5 Å². The number of hydrogen-bond donors (Lipinski definition) is 2. The summed E-state index contributed by atoms with van der Waals surface area (Å²) in [5, 5.41) is 11.4. The third kappa shape index (κ3) is 7.56. The van der Waals surface area contributed by atoms with Crippen molar-refractivity contribution < 1.29 is 14.7 Å². The Morgan fingerprint density at radius 2 is 2.00 bits per heavy atom. The Kier molecular flexibility index (Phi) is 9.09. The van der Waals surface area contributed by atoms with Crippen LogP contribution in [0.25, 0.3) is 0 Å². The van der Waals surface area contributed by atoms with Gasteiger partial charge >= 0.3 is 5.97 Å². The van der Waals surface area contributed by atoms with E-state index in [0.717, 1.165) is 25.0 Å². The number of carbonyl (C=O) groups is 2. The molecule has 0 rings (SSSR count). The maximum absolute atomic E-state index is 11.4. The molecule has 1 atom stereocenters. The van der Waals surface area contributed by atoms with Gasteiger partial charge in [-0.3, -0.25) is 4.79 Å². The van der Waals surface area contributed by atoms with Crippen molar-refractivity contribution in [3.05, 3.63) is 0 Å². The summed E-state index contributed by atoms with van der Waals surface area (Å²) in [6.45, 7) is 4.05. The first-order valence-corrected chi connectivity index (χ1v) is 6.87. The summed E-state index contributed by atoms with van der Waals surface area (Å²) < 4.78 is 0. The fourth-order valence-corrected chi connectivity index (χ4v) is 1.91. The number of unbranched alkanes of at least 4 members (excludes halogenated alkanes) is 1. The number of hydrogen-bond acceptors (Lipinski definition) is 3. The molecular formula is C11H21NO3S. The monoisotopic (exact) mass is 247 g/mol. The minimum Gasteiger partial charge on any atom is -0.480 e. The molecular weight excluding hydrogens is 226 g/mol. The molecule has 0 saturated heterocycles. The number of nitrogens with one attached hydrogen (secondary N) is 1. The molecule has 0 aromatic carbocycles. The van der Waals surface area contributed by atoms with Crippen molar-refractivity contribution in [1.82, 2.24) is 5.32 Å². The topological polar surface area (TPSA) is 66.4 Å². The van der Waals surface area contributed by atoms with Crippen molar-refractivity contribution in [1.29, 1.82) is 0 Å². The van der Waals surface area contributed by atoms with Crippen LogP contribution in [-0.2, 0) is 9.59 Å². The fourth-order valence-electron chi connectivity index (χ4n) is 1.21. The molecule has 0 fully saturated rings. The predicted molar refractivity (Wildman–Crippen MR) is 66.7 cm³/mol. The van der Waals surface area contributed by atoms with Gasteiger partial charge in [0.15, 0.2) is 0 Å². The third-order valence-corrected chi connectivity index (χ3v) is 3.22. The molecule has 16 heavy (non-hydrogen) atoms. The van der Waals surface area contributed by atoms with Gasteiger partial charge in [0.25, 0.3) is 0 Å². The molecule has 0 aromatic rings. The van der Waals surface area contributed by atoms with E-state index < -0.39 is 12.0 Å². The van der Waals surface area contributed by atoms with Crippen LogP contribution < -0.4 is 5.32 Å². The lowest BCUT2D eigenvalue weighted by Gasteiger charge is -2.13. The molecule has 0 radical (unpaired) electrons. The molecule has 0 aromatic heterocycles. The largest absolute Gasteiger partial charge is 0.480 e. The molecule has 0 bridgehead atoms. The number of thioether (sulfide) groups is 1. The van der Waals surface area contributed by atoms with E-state index in [4.69, 9.17) is 5.11 Å². The van der Waals surface area contributed by atoms with Gasteiger partial charge in [-0.2, -0.15) is 11.8 Å². The van der Waals surface area contributed by atoms with Gasteiger partial charge in [0, 0.05) is 0 Å². The Morgan fingerprint density at radius 1 is 1.31 bits per heavy atom. The van der Waals surface area contributed by atoms with E-state index >= 15 is 0 Å². The second-order valence-corrected chi connectivity index (χ2v) is 4.76. The van der Waals surface area contributed by atoms with Crippen LogP contribution in [0.15, 0.2) is 0 Å². The molecule has 4 nitrogen and oxygen atoms in total. The van der Waals surface area contributed by atoms with E-state index in [0.29, 0.717) is 12.2 Å². The molecule has 0 saturated carbocycles. The molecule has 0 aliphatic rings. The SMILES string of the molecule is CCCC[C@H](NC(=O)CSCCC)C(=O)O. The summed E-state index contributed by atoms with van der Waals surface area (Å²) in [5.74, 6) is 0.161. The maximum Gasteiger partial charge on any atom is 0.326 e. The molecule has 0 aliphatic heterocycles. The van der Waals surface area contributed by atoms with Gasteiger partial charge in [-0.15, -0.1) is 0 Å². The Hall–Kier alpha value is -0.710. The van der Waals surface area contributed by atoms with E-state index in [9.17, 15) is 9.59 Å². The van der Waals surface area contributed by atoms with Crippen LogP contribution in [0.3, 0.4) is 0 Å². The minimum absolute atomic E-state index is 0.179. The highest BCUT2D eigenvalue weighted by Gasteiger charge is 2.18. The first-order chi connectivity index (χ1) is 7.61. The van der Waals surface area contributed by atoms with Crippen LogP contribution in [0.1, 0.15) is 39.5 Å². The molecule has 1 amide bonds. The highest BCUT2D eigenvalue weighted by Crippen LogP contribution is 2.04. The average Bonchev–Trinajstić information content (AvgIpc) is 2.24. The zero-order valence-corrected chi connectivity index (χ0v) is 10.8. The van der Waals surface area contributed by atoms with Gasteiger partial charge in [0.05, 0.1) is 5.75 Å². The number of amides is 1. The van der Waals surface area contributed by atoms with E-state index in [-0.39, 0.29) is 5.91 Å². The van der Waals surface area contributed by atoms with Crippen molar-refractivity contribution in [2.75, 3.05) is 11.5 Å². The van der Waals surface area contributed by atoms with Gasteiger partial charge in [-0.1, -0.05) is 26.7 Å². The van der Waals surface area contributed by atoms with Gasteiger partial charge in [0.1, 0.15) is 6.04 Å². The summed E-state index contributed by atoms with van der Waals surface area (Å²) in [4.78, 5) is 22.2. The zero-order valence-electron chi connectivity index (χ0n) is 9.99. The van der Waals surface area contributed by atoms with E-state index in [2.05, 4.69) is 5.32 Å². The summed E-state index contributed by atoms with van der Waals surface area (Å²) in [6, 6.07) is -0.727. The van der Waals surface area contributed by atoms with Crippen LogP contribution in [0.4, 0.5) is 0 Å². The van der Waals surface area contributed by atoms with Crippen LogP contribution in [0, 0.1) is 0 Å². The van der Waals surface area contributed by atoms with Gasteiger partial charge < -0.3 is 10.4 Å². The lowest BCUT2D eigenvalue weighted by Crippen LogP contribution is -2.41. The predicted octanol–water partition coefficient (Wildman–Crippen LogP) is 1.89. The summed E-state index contributed by atoms with van der Waals surface area (Å²) >= 11 is 1.53. The molecule has 0 heterocycles. The molecule has 0 spiro atoms. The minimum atomic E-state index is -0.942. The van der Waals surface area contributed by atoms with Gasteiger partial charge in [-0.25, -0.2) is 4.79 Å². The Balaban J connectivity index is 3.88. The summed E-state index contributed by atoms with van der Waals surface area (Å²) in [6.07, 6.45) is 3.29. The maximum atomic E-state index is 11.4. The van der Waals surface area contributed by atoms with E-state index in [1.807, 2.05) is 13.8 Å². The Bertz CT molecular complexity index is 221. The van der Waals surface area contributed by atoms with Gasteiger partial charge in [0.2, 0.25) is 5.91 Å². The molecule has 94 valence electrons. The van der Waals surface area contributed by atoms with Crippen molar-refractivity contribution in [2.45, 2.75) is 45.6 Å². The Morgan fingerprint density at radius 3 is 2.50 bits per heavy atom. The highest BCUT2D eigenvalue weighted by atomic mass is 32.2. The summed E-state index contributed by atoms with van der Waals surface area (Å²) in [5.41, 5.74) is 0. The van der Waals surface area contributed by atoms with Crippen molar-refractivity contribution in [3.8, 4) is 0 Å². The average molecular weight is 247 g/mol.